The largest absolute Gasteiger partial charge is 0.326 e. The average molecular weight is 338 g/mol. The molecule has 7 heteroatoms. The fraction of sp³-hybridized carbons (Fsp3) is 0.500. The van der Waals surface area contributed by atoms with Gasteiger partial charge in [0.05, 0.1) is 4.90 Å². The zero-order valence-electron chi connectivity index (χ0n) is 13.9. The quantitative estimate of drug-likeness (QED) is 0.879. The molecule has 6 nitrogen and oxygen atoms in total. The molecule has 0 radical (unpaired) electrons. The van der Waals surface area contributed by atoms with E-state index in [-0.39, 0.29) is 27.6 Å². The van der Waals surface area contributed by atoms with E-state index in [0.717, 1.165) is 6.92 Å². The second-order valence-corrected chi connectivity index (χ2v) is 8.73. The van der Waals surface area contributed by atoms with E-state index in [1.165, 1.54) is 24.3 Å². The zero-order chi connectivity index (χ0) is 17.6. The Morgan fingerprint density at radius 3 is 1.87 bits per heavy atom. The Morgan fingerprint density at radius 1 is 1.00 bits per heavy atom. The van der Waals surface area contributed by atoms with E-state index in [9.17, 15) is 18.0 Å². The van der Waals surface area contributed by atoms with E-state index in [2.05, 4.69) is 33.0 Å². The van der Waals surface area contributed by atoms with Crippen molar-refractivity contribution in [3.8, 4) is 0 Å². The summed E-state index contributed by atoms with van der Waals surface area (Å²) in [5.41, 5.74) is 0.396. The predicted molar refractivity (Wildman–Crippen MR) is 87.1 cm³/mol. The van der Waals surface area contributed by atoms with Gasteiger partial charge in [-0.05, 0) is 35.1 Å². The molecule has 0 spiro atoms. The van der Waals surface area contributed by atoms with Gasteiger partial charge in [-0.3, -0.25) is 9.59 Å². The van der Waals surface area contributed by atoms with Crippen molar-refractivity contribution in [1.29, 1.82) is 0 Å². The maximum atomic E-state index is 12.3. The second-order valence-electron chi connectivity index (χ2n) is 7.05. The lowest BCUT2D eigenvalue weighted by atomic mass is 10.0. The van der Waals surface area contributed by atoms with Crippen molar-refractivity contribution in [2.75, 3.05) is 5.32 Å². The highest BCUT2D eigenvalue weighted by Crippen LogP contribution is 2.68. The minimum absolute atomic E-state index is 0.0298. The molecule has 1 saturated carbocycles. The summed E-state index contributed by atoms with van der Waals surface area (Å²) < 4.78 is 25.6. The van der Waals surface area contributed by atoms with E-state index < -0.39 is 15.9 Å². The van der Waals surface area contributed by atoms with Crippen LogP contribution in [0.2, 0.25) is 0 Å². The average Bonchev–Trinajstić information content (AvgIpc) is 2.78. The van der Waals surface area contributed by atoms with Crippen LogP contribution in [-0.4, -0.2) is 20.2 Å². The molecule has 2 N–H and O–H groups in total. The number of anilines is 1. The normalized spacial score (nSPS) is 19.0. The van der Waals surface area contributed by atoms with Gasteiger partial charge in [0.15, 0.2) is 0 Å². The van der Waals surface area contributed by atoms with E-state index in [4.69, 9.17) is 0 Å². The highest BCUT2D eigenvalue weighted by Gasteiger charge is 2.68. The van der Waals surface area contributed by atoms with Crippen molar-refractivity contribution in [3.05, 3.63) is 24.3 Å². The van der Waals surface area contributed by atoms with E-state index in [1.54, 1.807) is 0 Å². The lowest BCUT2D eigenvalue weighted by molar-refractivity contribution is -0.118. The number of carbonyl (C=O) groups is 2. The first-order valence-corrected chi connectivity index (χ1v) is 8.82. The number of hydrogen-bond donors (Lipinski definition) is 2. The van der Waals surface area contributed by atoms with Crippen LogP contribution in [0.1, 0.15) is 34.6 Å². The summed E-state index contributed by atoms with van der Waals surface area (Å²) >= 11 is 0. The maximum absolute atomic E-state index is 12.3. The minimum Gasteiger partial charge on any atom is -0.326 e. The van der Waals surface area contributed by atoms with E-state index in [0.29, 0.717) is 5.69 Å². The van der Waals surface area contributed by atoms with Crippen LogP contribution in [0.5, 0.6) is 0 Å². The number of benzene rings is 1. The van der Waals surface area contributed by atoms with Crippen molar-refractivity contribution < 1.29 is 18.0 Å². The molecule has 1 fully saturated rings. The first-order chi connectivity index (χ1) is 10.4. The molecule has 1 aromatic carbocycles. The summed E-state index contributed by atoms with van der Waals surface area (Å²) in [6.45, 7) is 9.35. The Hall–Kier alpha value is -1.89. The van der Waals surface area contributed by atoms with Gasteiger partial charge < -0.3 is 5.32 Å². The maximum Gasteiger partial charge on any atom is 0.264 e. The van der Waals surface area contributed by atoms with Crippen molar-refractivity contribution in [2.45, 2.75) is 39.5 Å². The van der Waals surface area contributed by atoms with Gasteiger partial charge in [-0.25, -0.2) is 13.1 Å². The summed E-state index contributed by atoms with van der Waals surface area (Å²) in [7, 11) is -3.86. The fourth-order valence-corrected chi connectivity index (χ4v) is 4.02. The third-order valence-corrected chi connectivity index (χ3v) is 6.44. The van der Waals surface area contributed by atoms with Crippen molar-refractivity contribution in [3.63, 3.8) is 0 Å². The number of rotatable bonds is 4. The third kappa shape index (κ3) is 3.10. The molecule has 0 atom stereocenters. The topological polar surface area (TPSA) is 92.3 Å². The summed E-state index contributed by atoms with van der Waals surface area (Å²) in [4.78, 5) is 23.2. The summed E-state index contributed by atoms with van der Waals surface area (Å²) in [5.74, 6) is -0.809. The molecule has 1 aromatic rings. The molecule has 0 aliphatic heterocycles. The fourth-order valence-electron chi connectivity index (χ4n) is 3.03. The van der Waals surface area contributed by atoms with E-state index in [1.807, 2.05) is 4.72 Å². The Balaban J connectivity index is 2.10. The smallest absolute Gasteiger partial charge is 0.264 e. The Labute approximate surface area is 136 Å². The predicted octanol–water partition coefficient (Wildman–Crippen LogP) is 2.13. The number of nitrogens with one attached hydrogen (secondary N) is 2. The first-order valence-electron chi connectivity index (χ1n) is 7.34. The van der Waals surface area contributed by atoms with Gasteiger partial charge in [0.1, 0.15) is 0 Å². The molecule has 2 amide bonds. The van der Waals surface area contributed by atoms with Crippen molar-refractivity contribution >= 4 is 27.5 Å². The van der Waals surface area contributed by atoms with Crippen LogP contribution in [0.25, 0.3) is 0 Å². The molecular weight excluding hydrogens is 316 g/mol. The van der Waals surface area contributed by atoms with Crippen molar-refractivity contribution in [2.24, 2.45) is 16.7 Å². The summed E-state index contributed by atoms with van der Waals surface area (Å²) in [5, 5.41) is 2.81. The zero-order valence-corrected chi connectivity index (χ0v) is 14.7. The number of amides is 2. The summed E-state index contributed by atoms with van der Waals surface area (Å²) in [6, 6.07) is 5.72. The van der Waals surface area contributed by atoms with Gasteiger partial charge in [0, 0.05) is 18.5 Å². The van der Waals surface area contributed by atoms with Crippen LogP contribution in [0.15, 0.2) is 29.2 Å². The molecule has 126 valence electrons. The van der Waals surface area contributed by atoms with Gasteiger partial charge in [-0.1, -0.05) is 27.7 Å². The van der Waals surface area contributed by atoms with Gasteiger partial charge in [0.25, 0.3) is 10.0 Å². The standard InChI is InChI=1S/C16H22N2O4S/c1-10(19)18-23(21,22)12-8-6-11(7-9-12)17-14(20)13-15(2,3)16(13,4)5/h6-9,13H,1-5H3,(H,17,20)(H,18,19). The van der Waals surface area contributed by atoms with Crippen LogP contribution >= 0.6 is 0 Å². The Bertz CT molecular complexity index is 735. The number of sulfonamides is 1. The Morgan fingerprint density at radius 2 is 1.48 bits per heavy atom. The monoisotopic (exact) mass is 338 g/mol. The van der Waals surface area contributed by atoms with Gasteiger partial charge in [-0.15, -0.1) is 0 Å². The SMILES string of the molecule is CC(=O)NS(=O)(=O)c1ccc(NC(=O)C2C(C)(C)C2(C)C)cc1. The van der Waals surface area contributed by atoms with Gasteiger partial charge >= 0.3 is 0 Å². The van der Waals surface area contributed by atoms with Crippen LogP contribution in [0.3, 0.4) is 0 Å². The number of hydrogen-bond acceptors (Lipinski definition) is 4. The minimum atomic E-state index is -3.86. The van der Waals surface area contributed by atoms with Gasteiger partial charge in [0.2, 0.25) is 11.8 Å². The Kier molecular flexibility index (Phi) is 4.05. The molecule has 0 aromatic heterocycles. The van der Waals surface area contributed by atoms with Crippen LogP contribution in [0, 0.1) is 16.7 Å². The van der Waals surface area contributed by atoms with Crippen LogP contribution in [-0.2, 0) is 19.6 Å². The number of carbonyl (C=O) groups excluding carboxylic acids is 2. The second kappa shape index (κ2) is 5.33. The molecule has 0 heterocycles. The molecule has 23 heavy (non-hydrogen) atoms. The lowest BCUT2D eigenvalue weighted by Crippen LogP contribution is -2.28. The van der Waals surface area contributed by atoms with Crippen molar-refractivity contribution in [1.82, 2.24) is 4.72 Å². The van der Waals surface area contributed by atoms with Crippen LogP contribution < -0.4 is 10.0 Å². The first kappa shape index (κ1) is 17.5. The highest BCUT2D eigenvalue weighted by molar-refractivity contribution is 7.90. The molecular formula is C16H22N2O4S. The molecule has 1 aliphatic rings. The molecule has 1 aliphatic carbocycles. The molecule has 0 saturated heterocycles. The van der Waals surface area contributed by atoms with E-state index >= 15 is 0 Å². The van der Waals surface area contributed by atoms with Gasteiger partial charge in [-0.2, -0.15) is 0 Å². The van der Waals surface area contributed by atoms with Crippen LogP contribution in [0.4, 0.5) is 5.69 Å². The molecule has 0 unspecified atom stereocenters. The highest BCUT2D eigenvalue weighted by atomic mass is 32.2. The lowest BCUT2D eigenvalue weighted by Gasteiger charge is -2.08. The summed E-state index contributed by atoms with van der Waals surface area (Å²) in [6.07, 6.45) is 0. The third-order valence-electron chi connectivity index (χ3n) is 4.99. The molecule has 0 bridgehead atoms. The molecule has 2 rings (SSSR count).